The minimum absolute atomic E-state index is 0.00931. The number of aromatic nitrogens is 4. The zero-order valence-electron chi connectivity index (χ0n) is 15.1. The molecule has 1 aromatic carbocycles. The molecule has 5 rings (SSSR count). The van der Waals surface area contributed by atoms with Crippen LogP contribution in [-0.4, -0.2) is 58.6 Å². The molecule has 0 saturated carbocycles. The van der Waals surface area contributed by atoms with Gasteiger partial charge >= 0.3 is 0 Å². The minimum atomic E-state index is -0.00931. The van der Waals surface area contributed by atoms with E-state index in [9.17, 15) is 0 Å². The number of nitrogens with one attached hydrogen (secondary N) is 3. The Kier molecular flexibility index (Phi) is 4.14. The standard InChI is InChI=1S/C19H23N7O/c1-2-16-14(12-22-25-16)11-15(1)23-17-3-6-21-18(24-17)26-8-4-19(5-9-26)13-20-7-10-27-19/h1-3,6,11-12,20H,4-5,7-10,13H2,(H,22,25)(H,21,23,24). The van der Waals surface area contributed by atoms with Crippen molar-refractivity contribution in [3.63, 3.8) is 0 Å². The highest BCUT2D eigenvalue weighted by Gasteiger charge is 2.37. The summed E-state index contributed by atoms with van der Waals surface area (Å²) in [7, 11) is 0. The van der Waals surface area contributed by atoms with Gasteiger partial charge in [-0.1, -0.05) is 0 Å². The molecule has 27 heavy (non-hydrogen) atoms. The summed E-state index contributed by atoms with van der Waals surface area (Å²) in [6.07, 6.45) is 5.62. The highest BCUT2D eigenvalue weighted by Crippen LogP contribution is 2.29. The van der Waals surface area contributed by atoms with Crippen LogP contribution in [0.5, 0.6) is 0 Å². The van der Waals surface area contributed by atoms with E-state index in [2.05, 4.69) is 36.8 Å². The van der Waals surface area contributed by atoms with Crippen LogP contribution in [0.25, 0.3) is 10.9 Å². The van der Waals surface area contributed by atoms with E-state index >= 15 is 0 Å². The van der Waals surface area contributed by atoms with Crippen LogP contribution in [0.2, 0.25) is 0 Å². The number of hydrogen-bond acceptors (Lipinski definition) is 7. The first kappa shape index (κ1) is 16.5. The third kappa shape index (κ3) is 3.33. The van der Waals surface area contributed by atoms with Gasteiger partial charge in [-0.15, -0.1) is 0 Å². The molecule has 2 aliphatic rings. The number of morpholine rings is 1. The quantitative estimate of drug-likeness (QED) is 0.654. The van der Waals surface area contributed by atoms with Gasteiger partial charge in [0.1, 0.15) is 5.82 Å². The number of aromatic amines is 1. The molecule has 3 N–H and O–H groups in total. The molecule has 4 heterocycles. The number of hydrogen-bond donors (Lipinski definition) is 3. The van der Waals surface area contributed by atoms with Crippen LogP contribution >= 0.6 is 0 Å². The number of ether oxygens (including phenoxy) is 1. The van der Waals surface area contributed by atoms with Crippen LogP contribution in [0.3, 0.4) is 0 Å². The Bertz CT molecular complexity index is 924. The summed E-state index contributed by atoms with van der Waals surface area (Å²) < 4.78 is 6.07. The van der Waals surface area contributed by atoms with Gasteiger partial charge in [-0.05, 0) is 37.1 Å². The molecule has 2 saturated heterocycles. The molecule has 0 unspecified atom stereocenters. The van der Waals surface area contributed by atoms with Gasteiger partial charge in [-0.3, -0.25) is 5.10 Å². The van der Waals surface area contributed by atoms with E-state index in [0.29, 0.717) is 0 Å². The van der Waals surface area contributed by atoms with Gasteiger partial charge in [-0.2, -0.15) is 10.1 Å². The largest absolute Gasteiger partial charge is 0.372 e. The van der Waals surface area contributed by atoms with Gasteiger partial charge in [-0.25, -0.2) is 4.98 Å². The zero-order chi connectivity index (χ0) is 18.1. The van der Waals surface area contributed by atoms with E-state index in [1.807, 2.05) is 30.6 Å². The van der Waals surface area contributed by atoms with E-state index in [4.69, 9.17) is 9.72 Å². The van der Waals surface area contributed by atoms with E-state index < -0.39 is 0 Å². The minimum Gasteiger partial charge on any atom is -0.372 e. The van der Waals surface area contributed by atoms with Crippen LogP contribution < -0.4 is 15.5 Å². The second-order valence-electron chi connectivity index (χ2n) is 7.23. The molecular weight excluding hydrogens is 342 g/mol. The fourth-order valence-corrected chi connectivity index (χ4v) is 3.88. The molecule has 2 fully saturated rings. The summed E-state index contributed by atoms with van der Waals surface area (Å²) in [6.45, 7) is 4.52. The maximum Gasteiger partial charge on any atom is 0.227 e. The van der Waals surface area contributed by atoms with E-state index in [-0.39, 0.29) is 5.60 Å². The van der Waals surface area contributed by atoms with Gasteiger partial charge < -0.3 is 20.3 Å². The van der Waals surface area contributed by atoms with Gasteiger partial charge in [0.25, 0.3) is 0 Å². The maximum atomic E-state index is 6.07. The summed E-state index contributed by atoms with van der Waals surface area (Å²) in [5, 5.41) is 14.9. The van der Waals surface area contributed by atoms with Crippen molar-refractivity contribution in [2.75, 3.05) is 43.0 Å². The molecule has 0 aliphatic carbocycles. The summed E-state index contributed by atoms with van der Waals surface area (Å²) in [4.78, 5) is 11.4. The highest BCUT2D eigenvalue weighted by molar-refractivity contribution is 5.82. The molecule has 2 aromatic heterocycles. The van der Waals surface area contributed by atoms with Crippen molar-refractivity contribution < 1.29 is 4.74 Å². The van der Waals surface area contributed by atoms with Crippen LogP contribution in [0.4, 0.5) is 17.5 Å². The smallest absolute Gasteiger partial charge is 0.227 e. The summed E-state index contributed by atoms with van der Waals surface area (Å²) >= 11 is 0. The van der Waals surface area contributed by atoms with Gasteiger partial charge in [0, 0.05) is 43.4 Å². The van der Waals surface area contributed by atoms with Crippen molar-refractivity contribution >= 4 is 28.4 Å². The molecule has 1 spiro atoms. The van der Waals surface area contributed by atoms with E-state index in [1.54, 1.807) is 0 Å². The number of rotatable bonds is 3. The Morgan fingerprint density at radius 3 is 2.96 bits per heavy atom. The van der Waals surface area contributed by atoms with Gasteiger partial charge in [0.2, 0.25) is 5.95 Å². The van der Waals surface area contributed by atoms with E-state index in [1.165, 1.54) is 0 Å². The van der Waals surface area contributed by atoms with Gasteiger partial charge in [0.05, 0.1) is 23.9 Å². The average molecular weight is 365 g/mol. The molecular formula is C19H23N7O. The Morgan fingerprint density at radius 1 is 1.19 bits per heavy atom. The van der Waals surface area contributed by atoms with Crippen molar-refractivity contribution in [3.8, 4) is 0 Å². The summed E-state index contributed by atoms with van der Waals surface area (Å²) in [5.74, 6) is 1.56. The lowest BCUT2D eigenvalue weighted by Gasteiger charge is -2.44. The first-order valence-electron chi connectivity index (χ1n) is 9.43. The molecule has 8 heteroatoms. The van der Waals surface area contributed by atoms with Crippen LogP contribution in [0.15, 0.2) is 36.7 Å². The number of fused-ring (bicyclic) bond motifs is 1. The zero-order valence-corrected chi connectivity index (χ0v) is 15.1. The second kappa shape index (κ2) is 6.79. The lowest BCUT2D eigenvalue weighted by atomic mass is 9.90. The number of anilines is 3. The summed E-state index contributed by atoms with van der Waals surface area (Å²) in [5.41, 5.74) is 1.99. The predicted molar refractivity (Wildman–Crippen MR) is 104 cm³/mol. The first-order valence-corrected chi connectivity index (χ1v) is 9.43. The van der Waals surface area contributed by atoms with Crippen molar-refractivity contribution in [2.24, 2.45) is 0 Å². The Balaban J connectivity index is 1.29. The number of H-pyrrole nitrogens is 1. The Labute approximate surface area is 157 Å². The normalized spacial score (nSPS) is 19.5. The topological polar surface area (TPSA) is 91.0 Å². The lowest BCUT2D eigenvalue weighted by molar-refractivity contribution is -0.0800. The van der Waals surface area contributed by atoms with Crippen molar-refractivity contribution in [2.45, 2.75) is 18.4 Å². The lowest BCUT2D eigenvalue weighted by Crippen LogP contribution is -2.55. The fraction of sp³-hybridized carbons (Fsp3) is 0.421. The fourth-order valence-electron chi connectivity index (χ4n) is 3.88. The average Bonchev–Trinajstić information content (AvgIpc) is 3.17. The molecule has 0 amide bonds. The molecule has 140 valence electrons. The molecule has 0 atom stereocenters. The monoisotopic (exact) mass is 365 g/mol. The van der Waals surface area contributed by atoms with Gasteiger partial charge in [0.15, 0.2) is 0 Å². The summed E-state index contributed by atoms with van der Waals surface area (Å²) in [6, 6.07) is 7.97. The molecule has 8 nitrogen and oxygen atoms in total. The van der Waals surface area contributed by atoms with Crippen molar-refractivity contribution in [1.82, 2.24) is 25.5 Å². The third-order valence-electron chi connectivity index (χ3n) is 5.45. The van der Waals surface area contributed by atoms with E-state index in [0.717, 1.165) is 74.0 Å². The maximum absolute atomic E-state index is 6.07. The molecule has 0 bridgehead atoms. The molecule has 0 radical (unpaired) electrons. The highest BCUT2D eigenvalue weighted by atomic mass is 16.5. The van der Waals surface area contributed by atoms with Crippen molar-refractivity contribution in [3.05, 3.63) is 36.7 Å². The SMILES string of the molecule is c1cc(Nc2ccc3[nH]ncc3c2)nc(N2CCC3(CC2)CNCCO3)n1. The van der Waals surface area contributed by atoms with Crippen molar-refractivity contribution in [1.29, 1.82) is 0 Å². The second-order valence-corrected chi connectivity index (χ2v) is 7.23. The molecule has 2 aliphatic heterocycles. The number of piperidine rings is 1. The Morgan fingerprint density at radius 2 is 2.11 bits per heavy atom. The third-order valence-corrected chi connectivity index (χ3v) is 5.45. The Hall–Kier alpha value is -2.71. The van der Waals surface area contributed by atoms with Crippen LogP contribution in [0.1, 0.15) is 12.8 Å². The first-order chi connectivity index (χ1) is 13.3. The predicted octanol–water partition coefficient (Wildman–Crippen LogP) is 2.06. The molecule has 3 aromatic rings. The van der Waals surface area contributed by atoms with Crippen LogP contribution in [-0.2, 0) is 4.74 Å². The van der Waals surface area contributed by atoms with Crippen LogP contribution in [0, 0.1) is 0 Å². The number of benzene rings is 1. The number of nitrogens with zero attached hydrogens (tertiary/aromatic N) is 4.